The van der Waals surface area contributed by atoms with Crippen LogP contribution < -0.4 is 5.32 Å². The Balaban J connectivity index is 1.83. The Hall–Kier alpha value is -2.38. The zero-order valence-corrected chi connectivity index (χ0v) is 16.3. The van der Waals surface area contributed by atoms with Crippen LogP contribution >= 0.6 is 0 Å². The van der Waals surface area contributed by atoms with E-state index < -0.39 is 0 Å². The topological polar surface area (TPSA) is 95.8 Å². The van der Waals surface area contributed by atoms with Crippen LogP contribution in [-0.2, 0) is 9.59 Å². The number of aryl methyl sites for hydroxylation is 2. The summed E-state index contributed by atoms with van der Waals surface area (Å²) in [5, 5.41) is 6.82. The van der Waals surface area contributed by atoms with E-state index in [-0.39, 0.29) is 29.7 Å². The van der Waals surface area contributed by atoms with Crippen molar-refractivity contribution in [2.24, 2.45) is 5.92 Å². The number of carbonyl (C=O) groups excluding carboxylic acids is 3. The average molecular weight is 376 g/mol. The van der Waals surface area contributed by atoms with Crippen molar-refractivity contribution >= 4 is 17.7 Å². The number of fused-ring (bicyclic) bond motifs is 1. The molecule has 1 saturated heterocycles. The maximum Gasteiger partial charge on any atom is 0.259 e. The highest BCUT2D eigenvalue weighted by atomic mass is 16.5. The van der Waals surface area contributed by atoms with Crippen molar-refractivity contribution in [2.45, 2.75) is 52.5 Å². The SMILES string of the molecule is CC(=O)N1CCN(C(=O)c2c(C)noc2C)CCNC(=O)C2CCCCC21. The smallest absolute Gasteiger partial charge is 0.259 e. The molecule has 0 aromatic carbocycles. The van der Waals surface area contributed by atoms with Crippen LogP contribution in [0, 0.1) is 19.8 Å². The van der Waals surface area contributed by atoms with Crippen LogP contribution in [0.3, 0.4) is 0 Å². The van der Waals surface area contributed by atoms with Gasteiger partial charge in [-0.05, 0) is 26.7 Å². The standard InChI is InChI=1S/C19H28N4O4/c1-12-17(13(2)27-21-12)19(26)22-9-8-20-18(25)15-6-4-5-7-16(15)23(11-10-22)14(3)24/h15-16H,4-11H2,1-3H3,(H,20,25). The fraction of sp³-hybridized carbons (Fsp3) is 0.684. The second-order valence-corrected chi connectivity index (χ2v) is 7.45. The van der Waals surface area contributed by atoms with E-state index in [9.17, 15) is 14.4 Å². The Bertz CT molecular complexity index is 710. The maximum absolute atomic E-state index is 13.0. The van der Waals surface area contributed by atoms with Crippen molar-refractivity contribution in [1.82, 2.24) is 20.3 Å². The van der Waals surface area contributed by atoms with Gasteiger partial charge in [-0.25, -0.2) is 0 Å². The van der Waals surface area contributed by atoms with E-state index in [1.165, 1.54) is 6.92 Å². The van der Waals surface area contributed by atoms with Gasteiger partial charge in [0.15, 0.2) is 0 Å². The Morgan fingerprint density at radius 1 is 1.15 bits per heavy atom. The summed E-state index contributed by atoms with van der Waals surface area (Å²) >= 11 is 0. The van der Waals surface area contributed by atoms with Crippen LogP contribution in [0.2, 0.25) is 0 Å². The van der Waals surface area contributed by atoms with E-state index in [0.29, 0.717) is 43.2 Å². The molecule has 2 aliphatic rings. The lowest BCUT2D eigenvalue weighted by Crippen LogP contribution is -2.55. The molecule has 1 aliphatic carbocycles. The van der Waals surface area contributed by atoms with Crippen molar-refractivity contribution in [1.29, 1.82) is 0 Å². The number of carbonyl (C=O) groups is 3. The van der Waals surface area contributed by atoms with E-state index in [2.05, 4.69) is 10.5 Å². The summed E-state index contributed by atoms with van der Waals surface area (Å²) in [6.07, 6.45) is 3.66. The van der Waals surface area contributed by atoms with Crippen molar-refractivity contribution in [3.05, 3.63) is 17.0 Å². The van der Waals surface area contributed by atoms with Crippen molar-refractivity contribution < 1.29 is 18.9 Å². The number of aromatic nitrogens is 1. The van der Waals surface area contributed by atoms with Gasteiger partial charge >= 0.3 is 0 Å². The van der Waals surface area contributed by atoms with Crippen molar-refractivity contribution in [2.75, 3.05) is 26.2 Å². The molecule has 27 heavy (non-hydrogen) atoms. The normalized spacial score (nSPS) is 24.2. The van der Waals surface area contributed by atoms with E-state index >= 15 is 0 Å². The van der Waals surface area contributed by atoms with Gasteiger partial charge in [0.1, 0.15) is 11.3 Å². The van der Waals surface area contributed by atoms with E-state index in [1.807, 2.05) is 0 Å². The summed E-state index contributed by atoms with van der Waals surface area (Å²) in [6.45, 7) is 6.62. The molecule has 8 nitrogen and oxygen atoms in total. The predicted octanol–water partition coefficient (Wildman–Crippen LogP) is 1.27. The second kappa shape index (κ2) is 8.10. The molecule has 0 radical (unpaired) electrons. The molecule has 2 heterocycles. The van der Waals surface area contributed by atoms with Gasteiger partial charge in [-0.2, -0.15) is 0 Å². The molecule has 3 rings (SSSR count). The summed E-state index contributed by atoms with van der Waals surface area (Å²) in [5.41, 5.74) is 1.01. The first kappa shape index (κ1) is 19.4. The molecule has 1 N–H and O–H groups in total. The second-order valence-electron chi connectivity index (χ2n) is 7.45. The first-order valence-electron chi connectivity index (χ1n) is 9.67. The fourth-order valence-electron chi connectivity index (χ4n) is 4.28. The van der Waals surface area contributed by atoms with E-state index in [4.69, 9.17) is 4.52 Å². The molecular weight excluding hydrogens is 348 g/mol. The summed E-state index contributed by atoms with van der Waals surface area (Å²) in [5.74, 6) is 0.0780. The van der Waals surface area contributed by atoms with Gasteiger partial charge in [0, 0.05) is 39.1 Å². The van der Waals surface area contributed by atoms with Crippen LogP contribution in [0.25, 0.3) is 0 Å². The third-order valence-corrected chi connectivity index (χ3v) is 5.70. The minimum absolute atomic E-state index is 0.0161. The lowest BCUT2D eigenvalue weighted by Gasteiger charge is -2.40. The first-order valence-corrected chi connectivity index (χ1v) is 9.67. The minimum atomic E-state index is -0.176. The van der Waals surface area contributed by atoms with Gasteiger partial charge in [-0.1, -0.05) is 18.0 Å². The predicted molar refractivity (Wildman–Crippen MR) is 98.0 cm³/mol. The summed E-state index contributed by atoms with van der Waals surface area (Å²) < 4.78 is 5.12. The average Bonchev–Trinajstić information content (AvgIpc) is 2.98. The summed E-state index contributed by atoms with van der Waals surface area (Å²) in [6, 6.07) is -0.0923. The molecule has 2 atom stereocenters. The third kappa shape index (κ3) is 3.99. The molecule has 2 unspecified atom stereocenters. The van der Waals surface area contributed by atoms with Crippen LogP contribution in [0.1, 0.15) is 54.4 Å². The number of nitrogens with one attached hydrogen (secondary N) is 1. The van der Waals surface area contributed by atoms with Crippen molar-refractivity contribution in [3.8, 4) is 0 Å². The maximum atomic E-state index is 13.0. The monoisotopic (exact) mass is 376 g/mol. The highest BCUT2D eigenvalue weighted by Crippen LogP contribution is 2.29. The number of amides is 3. The Morgan fingerprint density at radius 3 is 2.56 bits per heavy atom. The van der Waals surface area contributed by atoms with Gasteiger partial charge in [0.2, 0.25) is 11.8 Å². The molecule has 148 valence electrons. The molecular formula is C19H28N4O4. The summed E-state index contributed by atoms with van der Waals surface area (Å²) in [4.78, 5) is 41.4. The van der Waals surface area contributed by atoms with Crippen molar-refractivity contribution in [3.63, 3.8) is 0 Å². The first-order chi connectivity index (χ1) is 12.9. The van der Waals surface area contributed by atoms with Gasteiger partial charge < -0.3 is 19.6 Å². The highest BCUT2D eigenvalue weighted by molar-refractivity contribution is 5.96. The minimum Gasteiger partial charge on any atom is -0.361 e. The largest absolute Gasteiger partial charge is 0.361 e. The fourth-order valence-corrected chi connectivity index (χ4v) is 4.28. The number of rotatable bonds is 1. The quantitative estimate of drug-likeness (QED) is 0.796. The molecule has 3 amide bonds. The molecule has 8 heteroatoms. The molecule has 1 saturated carbocycles. The molecule has 1 aliphatic heterocycles. The lowest BCUT2D eigenvalue weighted by molar-refractivity contribution is -0.137. The number of nitrogens with zero attached hydrogens (tertiary/aromatic N) is 3. The molecule has 1 aromatic heterocycles. The van der Waals surface area contributed by atoms with Crippen LogP contribution in [0.15, 0.2) is 4.52 Å². The van der Waals surface area contributed by atoms with E-state index in [0.717, 1.165) is 25.7 Å². The van der Waals surface area contributed by atoms with E-state index in [1.54, 1.807) is 23.6 Å². The molecule has 2 fully saturated rings. The lowest BCUT2D eigenvalue weighted by atomic mass is 9.82. The van der Waals surface area contributed by atoms with Crippen LogP contribution in [0.4, 0.5) is 0 Å². The van der Waals surface area contributed by atoms with Crippen LogP contribution in [-0.4, -0.2) is 64.9 Å². The Labute approximate surface area is 159 Å². The zero-order chi connectivity index (χ0) is 19.6. The van der Waals surface area contributed by atoms with Gasteiger partial charge in [-0.15, -0.1) is 0 Å². The van der Waals surface area contributed by atoms with Gasteiger partial charge in [0.05, 0.1) is 11.6 Å². The van der Waals surface area contributed by atoms with Crippen LogP contribution in [0.5, 0.6) is 0 Å². The zero-order valence-electron chi connectivity index (χ0n) is 16.3. The highest BCUT2D eigenvalue weighted by Gasteiger charge is 2.37. The molecule has 0 bridgehead atoms. The van der Waals surface area contributed by atoms with Gasteiger partial charge in [0.25, 0.3) is 5.91 Å². The summed E-state index contributed by atoms with van der Waals surface area (Å²) in [7, 11) is 0. The number of hydrogen-bond donors (Lipinski definition) is 1. The molecule has 0 spiro atoms. The Morgan fingerprint density at radius 2 is 1.89 bits per heavy atom. The number of hydrogen-bond acceptors (Lipinski definition) is 5. The molecule has 1 aromatic rings. The van der Waals surface area contributed by atoms with Gasteiger partial charge in [-0.3, -0.25) is 14.4 Å². The Kier molecular flexibility index (Phi) is 5.82. The third-order valence-electron chi connectivity index (χ3n) is 5.70.